The number of benzene rings is 1. The summed E-state index contributed by atoms with van der Waals surface area (Å²) >= 11 is 3.28. The molecule has 4 nitrogen and oxygen atoms in total. The van der Waals surface area contributed by atoms with Crippen LogP contribution in [0, 0.1) is 5.82 Å². The lowest BCUT2D eigenvalue weighted by atomic mass is 10.2. The van der Waals surface area contributed by atoms with Crippen LogP contribution in [0.25, 0.3) is 0 Å². The summed E-state index contributed by atoms with van der Waals surface area (Å²) in [5.74, 6) is -0.332. The van der Waals surface area contributed by atoms with Crippen molar-refractivity contribution in [2.45, 2.75) is 32.4 Å². The molecule has 112 valence electrons. The zero-order valence-corrected chi connectivity index (χ0v) is 13.3. The van der Waals surface area contributed by atoms with Gasteiger partial charge in [-0.15, -0.1) is 0 Å². The maximum Gasteiger partial charge on any atom is 0.317 e. The number of urea groups is 1. The van der Waals surface area contributed by atoms with Crippen LogP contribution >= 0.6 is 15.9 Å². The van der Waals surface area contributed by atoms with Crippen molar-refractivity contribution < 1.29 is 14.3 Å². The SMILES string of the molecule is CC(CCCO)NC(=O)N(C)Cc1cc(Br)ccc1F. The van der Waals surface area contributed by atoms with Crippen molar-refractivity contribution in [1.82, 2.24) is 10.2 Å². The highest BCUT2D eigenvalue weighted by Crippen LogP contribution is 2.16. The zero-order chi connectivity index (χ0) is 15.1. The van der Waals surface area contributed by atoms with E-state index in [2.05, 4.69) is 21.2 Å². The van der Waals surface area contributed by atoms with Gasteiger partial charge < -0.3 is 15.3 Å². The summed E-state index contributed by atoms with van der Waals surface area (Å²) in [6.45, 7) is 2.18. The van der Waals surface area contributed by atoms with E-state index in [0.29, 0.717) is 18.4 Å². The third-order valence-corrected chi connectivity index (χ3v) is 3.42. The van der Waals surface area contributed by atoms with Crippen LogP contribution in [0.4, 0.5) is 9.18 Å². The third-order valence-electron chi connectivity index (χ3n) is 2.93. The van der Waals surface area contributed by atoms with Gasteiger partial charge in [0.15, 0.2) is 0 Å². The van der Waals surface area contributed by atoms with Gasteiger partial charge >= 0.3 is 6.03 Å². The molecule has 1 aromatic rings. The minimum atomic E-state index is -0.332. The molecule has 0 spiro atoms. The van der Waals surface area contributed by atoms with Gasteiger partial charge in [0.1, 0.15) is 5.82 Å². The van der Waals surface area contributed by atoms with Crippen LogP contribution in [0.1, 0.15) is 25.3 Å². The number of amides is 2. The summed E-state index contributed by atoms with van der Waals surface area (Å²) in [7, 11) is 1.62. The lowest BCUT2D eigenvalue weighted by Crippen LogP contribution is -2.41. The minimum absolute atomic E-state index is 0.0237. The quantitative estimate of drug-likeness (QED) is 0.831. The maximum absolute atomic E-state index is 13.6. The van der Waals surface area contributed by atoms with Crippen molar-refractivity contribution in [2.75, 3.05) is 13.7 Å². The number of hydrogen-bond acceptors (Lipinski definition) is 2. The number of nitrogens with zero attached hydrogens (tertiary/aromatic N) is 1. The summed E-state index contributed by atoms with van der Waals surface area (Å²) in [6.07, 6.45) is 1.35. The Balaban J connectivity index is 2.55. The van der Waals surface area contributed by atoms with Crippen LogP contribution < -0.4 is 5.32 Å². The van der Waals surface area contributed by atoms with Gasteiger partial charge in [0.05, 0.1) is 0 Å². The molecule has 0 aliphatic rings. The number of aliphatic hydroxyl groups is 1. The molecule has 0 aliphatic carbocycles. The summed E-state index contributed by atoms with van der Waals surface area (Å²) < 4.78 is 14.4. The molecule has 1 atom stereocenters. The largest absolute Gasteiger partial charge is 0.396 e. The van der Waals surface area contributed by atoms with E-state index in [9.17, 15) is 9.18 Å². The smallest absolute Gasteiger partial charge is 0.317 e. The molecule has 0 radical (unpaired) electrons. The van der Waals surface area contributed by atoms with Gasteiger partial charge in [0.2, 0.25) is 0 Å². The van der Waals surface area contributed by atoms with Crippen molar-refractivity contribution in [3.8, 4) is 0 Å². The summed E-state index contributed by atoms with van der Waals surface area (Å²) in [5.41, 5.74) is 0.458. The van der Waals surface area contributed by atoms with E-state index in [1.807, 2.05) is 6.92 Å². The molecule has 0 aliphatic heterocycles. The number of halogens is 2. The topological polar surface area (TPSA) is 52.6 Å². The van der Waals surface area contributed by atoms with Crippen LogP contribution in [0.5, 0.6) is 0 Å². The highest BCUT2D eigenvalue weighted by molar-refractivity contribution is 9.10. The van der Waals surface area contributed by atoms with Gasteiger partial charge in [-0.25, -0.2) is 9.18 Å². The molecule has 1 aromatic carbocycles. The zero-order valence-electron chi connectivity index (χ0n) is 11.7. The Labute approximate surface area is 127 Å². The Bertz CT molecular complexity index is 457. The molecule has 2 amide bonds. The van der Waals surface area contributed by atoms with Crippen LogP contribution in [0.15, 0.2) is 22.7 Å². The molecule has 2 N–H and O–H groups in total. The van der Waals surface area contributed by atoms with Gasteiger partial charge in [-0.1, -0.05) is 15.9 Å². The highest BCUT2D eigenvalue weighted by atomic mass is 79.9. The molecule has 0 fully saturated rings. The summed E-state index contributed by atoms with van der Waals surface area (Å²) in [4.78, 5) is 13.4. The summed E-state index contributed by atoms with van der Waals surface area (Å²) in [5, 5.41) is 11.6. The molecule has 1 rings (SSSR count). The van der Waals surface area contributed by atoms with Crippen LogP contribution in [0.2, 0.25) is 0 Å². The predicted molar refractivity (Wildman–Crippen MR) is 79.9 cm³/mol. The average molecular weight is 347 g/mol. The van der Waals surface area contributed by atoms with Crippen LogP contribution in [-0.4, -0.2) is 35.7 Å². The van der Waals surface area contributed by atoms with Gasteiger partial charge in [-0.3, -0.25) is 0 Å². The Hall–Kier alpha value is -1.14. The van der Waals surface area contributed by atoms with Crippen molar-refractivity contribution >= 4 is 22.0 Å². The molecule has 0 aromatic heterocycles. The van der Waals surface area contributed by atoms with E-state index in [1.165, 1.54) is 11.0 Å². The molecule has 0 saturated carbocycles. The Kier molecular flexibility index (Phi) is 6.95. The van der Waals surface area contributed by atoms with Gasteiger partial charge in [0, 0.05) is 36.3 Å². The van der Waals surface area contributed by atoms with Crippen molar-refractivity contribution in [3.63, 3.8) is 0 Å². The second-order valence-electron chi connectivity index (χ2n) is 4.81. The first kappa shape index (κ1) is 16.9. The summed E-state index contributed by atoms with van der Waals surface area (Å²) in [6, 6.07) is 4.37. The first-order valence-corrected chi connectivity index (χ1v) is 7.29. The van der Waals surface area contributed by atoms with E-state index >= 15 is 0 Å². The molecular formula is C14H20BrFN2O2. The fourth-order valence-corrected chi connectivity index (χ4v) is 2.19. The van der Waals surface area contributed by atoms with E-state index in [-0.39, 0.29) is 31.0 Å². The fraction of sp³-hybridized carbons (Fsp3) is 0.500. The van der Waals surface area contributed by atoms with Gasteiger partial charge in [-0.2, -0.15) is 0 Å². The number of aliphatic hydroxyl groups excluding tert-OH is 1. The fourth-order valence-electron chi connectivity index (χ4n) is 1.78. The van der Waals surface area contributed by atoms with E-state index in [1.54, 1.807) is 19.2 Å². The molecule has 1 unspecified atom stereocenters. The first-order valence-electron chi connectivity index (χ1n) is 6.50. The van der Waals surface area contributed by atoms with Crippen molar-refractivity contribution in [3.05, 3.63) is 34.1 Å². The average Bonchev–Trinajstić information content (AvgIpc) is 2.40. The maximum atomic E-state index is 13.6. The number of carbonyl (C=O) groups excluding carboxylic acids is 1. The molecule has 0 heterocycles. The highest BCUT2D eigenvalue weighted by Gasteiger charge is 2.14. The van der Waals surface area contributed by atoms with E-state index in [0.717, 1.165) is 4.47 Å². The van der Waals surface area contributed by atoms with Crippen LogP contribution in [-0.2, 0) is 6.54 Å². The van der Waals surface area contributed by atoms with E-state index in [4.69, 9.17) is 5.11 Å². The second-order valence-corrected chi connectivity index (χ2v) is 5.72. The first-order chi connectivity index (χ1) is 9.43. The number of hydrogen-bond donors (Lipinski definition) is 2. The van der Waals surface area contributed by atoms with Gasteiger partial charge in [0.25, 0.3) is 0 Å². The van der Waals surface area contributed by atoms with Crippen LogP contribution in [0.3, 0.4) is 0 Å². The van der Waals surface area contributed by atoms with E-state index < -0.39 is 0 Å². The number of rotatable bonds is 6. The second kappa shape index (κ2) is 8.21. The lowest BCUT2D eigenvalue weighted by molar-refractivity contribution is 0.200. The Morgan fingerprint density at radius 3 is 2.90 bits per heavy atom. The third kappa shape index (κ3) is 5.46. The van der Waals surface area contributed by atoms with Gasteiger partial charge in [-0.05, 0) is 38.0 Å². The molecular weight excluding hydrogens is 327 g/mol. The number of nitrogens with one attached hydrogen (secondary N) is 1. The molecule has 6 heteroatoms. The normalized spacial score (nSPS) is 12.1. The monoisotopic (exact) mass is 346 g/mol. The molecule has 0 bridgehead atoms. The molecule has 0 saturated heterocycles. The standard InChI is InChI=1S/C14H20BrFN2O2/c1-10(4-3-7-19)17-14(20)18(2)9-11-8-12(15)5-6-13(11)16/h5-6,8,10,19H,3-4,7,9H2,1-2H3,(H,17,20). The van der Waals surface area contributed by atoms with Crippen molar-refractivity contribution in [1.29, 1.82) is 0 Å². The molecule has 20 heavy (non-hydrogen) atoms. The lowest BCUT2D eigenvalue weighted by Gasteiger charge is -2.21. The Morgan fingerprint density at radius 2 is 2.25 bits per heavy atom. The van der Waals surface area contributed by atoms with Crippen molar-refractivity contribution in [2.24, 2.45) is 0 Å². The predicted octanol–water partition coefficient (Wildman–Crippen LogP) is 2.89. The minimum Gasteiger partial charge on any atom is -0.396 e. The number of carbonyl (C=O) groups is 1. The Morgan fingerprint density at radius 1 is 1.55 bits per heavy atom.